The summed E-state index contributed by atoms with van der Waals surface area (Å²) in [6, 6.07) is 10.1. The van der Waals surface area contributed by atoms with Gasteiger partial charge in [0.2, 0.25) is 10.0 Å². The second-order valence-electron chi connectivity index (χ2n) is 7.35. The van der Waals surface area contributed by atoms with Gasteiger partial charge >= 0.3 is 6.18 Å². The van der Waals surface area contributed by atoms with Crippen molar-refractivity contribution < 1.29 is 26.0 Å². The Morgan fingerprint density at radius 1 is 0.968 bits per heavy atom. The van der Waals surface area contributed by atoms with Gasteiger partial charge in [-0.2, -0.15) is 17.5 Å². The van der Waals surface area contributed by atoms with E-state index in [-0.39, 0.29) is 23.8 Å². The van der Waals surface area contributed by atoms with Crippen molar-refractivity contribution in [3.63, 3.8) is 0 Å². The number of halogens is 4. The van der Waals surface area contributed by atoms with E-state index in [4.69, 9.17) is 0 Å². The number of sulfonamides is 1. The highest BCUT2D eigenvalue weighted by Crippen LogP contribution is 2.31. The number of rotatable bonds is 4. The van der Waals surface area contributed by atoms with E-state index in [2.05, 4.69) is 4.98 Å². The van der Waals surface area contributed by atoms with Crippen molar-refractivity contribution in [2.45, 2.75) is 17.6 Å². The quantitative estimate of drug-likeness (QED) is 0.563. The summed E-state index contributed by atoms with van der Waals surface area (Å²) in [5.41, 5.74) is 0.380. The minimum absolute atomic E-state index is 0.124. The van der Waals surface area contributed by atoms with Crippen LogP contribution in [0.1, 0.15) is 11.1 Å². The maximum atomic E-state index is 14.0. The largest absolute Gasteiger partial charge is 0.416 e. The fourth-order valence-electron chi connectivity index (χ4n) is 3.70. The maximum absolute atomic E-state index is 14.0. The van der Waals surface area contributed by atoms with Gasteiger partial charge in [-0.05, 0) is 42.0 Å². The molecule has 4 rings (SSSR count). The fraction of sp³-hybridized carbons (Fsp3) is 0.286. The number of pyridine rings is 1. The normalized spacial score (nSPS) is 16.6. The van der Waals surface area contributed by atoms with Crippen LogP contribution in [0.5, 0.6) is 0 Å². The SMILES string of the molecule is O=S(=O)(c1cccc(C(F)(F)F)c1)N1CCN(Cc2cc(F)cc3cccnc23)CC1. The molecule has 1 fully saturated rings. The van der Waals surface area contributed by atoms with Gasteiger partial charge < -0.3 is 0 Å². The molecule has 164 valence electrons. The summed E-state index contributed by atoms with van der Waals surface area (Å²) in [5.74, 6) is -0.374. The van der Waals surface area contributed by atoms with E-state index in [1.165, 1.54) is 22.5 Å². The van der Waals surface area contributed by atoms with E-state index in [0.717, 1.165) is 12.1 Å². The molecule has 0 spiro atoms. The third kappa shape index (κ3) is 4.56. The standard InChI is InChI=1S/C21H19F4N3O2S/c22-18-11-15-3-2-6-26-20(15)16(12-18)14-27-7-9-28(10-8-27)31(29,30)19-5-1-4-17(13-19)21(23,24)25/h1-6,11-13H,7-10,14H2. The molecule has 1 aliphatic heterocycles. The Morgan fingerprint density at radius 3 is 2.42 bits per heavy atom. The molecular weight excluding hydrogens is 434 g/mol. The monoisotopic (exact) mass is 453 g/mol. The average molecular weight is 453 g/mol. The molecule has 2 heterocycles. The molecule has 1 aromatic heterocycles. The lowest BCUT2D eigenvalue weighted by atomic mass is 10.1. The van der Waals surface area contributed by atoms with E-state index in [0.29, 0.717) is 42.2 Å². The van der Waals surface area contributed by atoms with Crippen molar-refractivity contribution >= 4 is 20.9 Å². The smallest absolute Gasteiger partial charge is 0.296 e. The third-order valence-electron chi connectivity index (χ3n) is 5.27. The number of hydrogen-bond donors (Lipinski definition) is 0. The lowest BCUT2D eigenvalue weighted by Gasteiger charge is -2.34. The summed E-state index contributed by atoms with van der Waals surface area (Å²) in [6.45, 7) is 1.37. The zero-order chi connectivity index (χ0) is 22.2. The van der Waals surface area contributed by atoms with Gasteiger partial charge in [-0.3, -0.25) is 9.88 Å². The van der Waals surface area contributed by atoms with E-state index in [9.17, 15) is 26.0 Å². The van der Waals surface area contributed by atoms with E-state index in [1.54, 1.807) is 18.3 Å². The maximum Gasteiger partial charge on any atom is 0.416 e. The van der Waals surface area contributed by atoms with Crippen LogP contribution in [0.15, 0.2) is 59.6 Å². The number of nitrogens with zero attached hydrogens (tertiary/aromatic N) is 3. The van der Waals surface area contributed by atoms with Crippen molar-refractivity contribution in [3.05, 3.63) is 71.7 Å². The molecule has 31 heavy (non-hydrogen) atoms. The Kier molecular flexibility index (Phi) is 5.71. The minimum atomic E-state index is -4.62. The molecule has 0 unspecified atom stereocenters. The van der Waals surface area contributed by atoms with Gasteiger partial charge in [0.05, 0.1) is 16.0 Å². The third-order valence-corrected chi connectivity index (χ3v) is 7.17. The zero-order valence-corrected chi connectivity index (χ0v) is 17.1. The van der Waals surface area contributed by atoms with Gasteiger partial charge in [0.15, 0.2) is 0 Å². The van der Waals surface area contributed by atoms with Crippen molar-refractivity contribution in [1.29, 1.82) is 0 Å². The highest BCUT2D eigenvalue weighted by Gasteiger charge is 2.34. The number of piperazine rings is 1. The first-order chi connectivity index (χ1) is 14.6. The Labute approximate surface area is 177 Å². The number of benzene rings is 2. The molecule has 0 N–H and O–H groups in total. The van der Waals surface area contributed by atoms with E-state index >= 15 is 0 Å². The predicted octanol–water partition coefficient (Wildman–Crippen LogP) is 3.90. The first-order valence-corrected chi connectivity index (χ1v) is 11.0. The van der Waals surface area contributed by atoms with Crippen LogP contribution < -0.4 is 0 Å². The molecule has 0 aliphatic carbocycles. The topological polar surface area (TPSA) is 53.5 Å². The van der Waals surface area contributed by atoms with Crippen LogP contribution >= 0.6 is 0 Å². The molecule has 0 amide bonds. The molecule has 2 aromatic carbocycles. The molecule has 3 aromatic rings. The molecule has 0 saturated carbocycles. The Bertz CT molecular complexity index is 1210. The average Bonchev–Trinajstić information content (AvgIpc) is 2.73. The summed E-state index contributed by atoms with van der Waals surface area (Å²) in [5, 5.41) is 0.684. The number of hydrogen-bond acceptors (Lipinski definition) is 4. The summed E-state index contributed by atoms with van der Waals surface area (Å²) in [4.78, 5) is 5.91. The number of fused-ring (bicyclic) bond motifs is 1. The van der Waals surface area contributed by atoms with Crippen LogP contribution in [-0.4, -0.2) is 48.8 Å². The Balaban J connectivity index is 1.48. The van der Waals surface area contributed by atoms with Gasteiger partial charge in [-0.15, -0.1) is 0 Å². The molecule has 0 radical (unpaired) electrons. The molecule has 5 nitrogen and oxygen atoms in total. The first-order valence-electron chi connectivity index (χ1n) is 9.57. The predicted molar refractivity (Wildman–Crippen MR) is 107 cm³/mol. The van der Waals surface area contributed by atoms with Crippen LogP contribution in [0.4, 0.5) is 17.6 Å². The summed E-state index contributed by atoms with van der Waals surface area (Å²) in [6.07, 6.45) is -2.99. The molecule has 1 saturated heterocycles. The van der Waals surface area contributed by atoms with Crippen LogP contribution in [0.2, 0.25) is 0 Å². The lowest BCUT2D eigenvalue weighted by Crippen LogP contribution is -2.48. The fourth-order valence-corrected chi connectivity index (χ4v) is 5.17. The van der Waals surface area contributed by atoms with Crippen molar-refractivity contribution in [1.82, 2.24) is 14.2 Å². The second-order valence-corrected chi connectivity index (χ2v) is 9.28. The molecule has 0 atom stereocenters. The van der Waals surface area contributed by atoms with Crippen LogP contribution in [-0.2, 0) is 22.7 Å². The second kappa shape index (κ2) is 8.18. The highest BCUT2D eigenvalue weighted by molar-refractivity contribution is 7.89. The van der Waals surface area contributed by atoms with Crippen molar-refractivity contribution in [3.8, 4) is 0 Å². The lowest BCUT2D eigenvalue weighted by molar-refractivity contribution is -0.137. The molecule has 10 heteroatoms. The number of aromatic nitrogens is 1. The Hall–Kier alpha value is -2.56. The van der Waals surface area contributed by atoms with Crippen LogP contribution in [0, 0.1) is 5.82 Å². The summed E-state index contributed by atoms with van der Waals surface area (Å²) >= 11 is 0. The van der Waals surface area contributed by atoms with Crippen LogP contribution in [0.25, 0.3) is 10.9 Å². The van der Waals surface area contributed by atoms with Crippen molar-refractivity contribution in [2.75, 3.05) is 26.2 Å². The van der Waals surface area contributed by atoms with E-state index < -0.39 is 21.8 Å². The van der Waals surface area contributed by atoms with E-state index in [1.807, 2.05) is 4.90 Å². The Morgan fingerprint density at radius 2 is 1.71 bits per heavy atom. The summed E-state index contributed by atoms with van der Waals surface area (Å²) < 4.78 is 79.7. The molecule has 0 bridgehead atoms. The van der Waals surface area contributed by atoms with Gasteiger partial charge in [0.25, 0.3) is 0 Å². The summed E-state index contributed by atoms with van der Waals surface area (Å²) in [7, 11) is -4.05. The van der Waals surface area contributed by atoms with Crippen molar-refractivity contribution in [2.24, 2.45) is 0 Å². The minimum Gasteiger partial charge on any atom is -0.296 e. The highest BCUT2D eigenvalue weighted by atomic mass is 32.2. The van der Waals surface area contributed by atoms with Gasteiger partial charge in [0.1, 0.15) is 5.82 Å². The van der Waals surface area contributed by atoms with Gasteiger partial charge in [-0.1, -0.05) is 12.1 Å². The first kappa shape index (κ1) is 21.7. The molecule has 1 aliphatic rings. The molecular formula is C21H19F4N3O2S. The van der Waals surface area contributed by atoms with Gasteiger partial charge in [-0.25, -0.2) is 12.8 Å². The van der Waals surface area contributed by atoms with Gasteiger partial charge in [0, 0.05) is 44.3 Å². The zero-order valence-electron chi connectivity index (χ0n) is 16.3. The van der Waals surface area contributed by atoms with Crippen LogP contribution in [0.3, 0.4) is 0 Å². The number of alkyl halides is 3.